The topological polar surface area (TPSA) is 35.2 Å². The van der Waals surface area contributed by atoms with Crippen molar-refractivity contribution in [3.63, 3.8) is 0 Å². The van der Waals surface area contributed by atoms with E-state index in [0.717, 1.165) is 17.7 Å². The molecule has 0 saturated carbocycles. The summed E-state index contributed by atoms with van der Waals surface area (Å²) in [4.78, 5) is 0. The molecule has 1 atom stereocenters. The van der Waals surface area contributed by atoms with Crippen molar-refractivity contribution in [1.82, 2.24) is 0 Å². The van der Waals surface area contributed by atoms with Gasteiger partial charge in [-0.2, -0.15) is 0 Å². The third kappa shape index (κ3) is 2.36. The first kappa shape index (κ1) is 10.8. The van der Waals surface area contributed by atoms with Crippen LogP contribution in [0.2, 0.25) is 0 Å². The minimum atomic E-state index is -0.339. The normalized spacial score (nSPS) is 14.5. The molecule has 76 valence electrons. The first-order chi connectivity index (χ1) is 6.60. The Morgan fingerprint density at radius 3 is 2.43 bits per heavy atom. The summed E-state index contributed by atoms with van der Waals surface area (Å²) in [5.41, 5.74) is 6.88. The van der Waals surface area contributed by atoms with E-state index in [1.165, 1.54) is 0 Å². The molecule has 0 heterocycles. The van der Waals surface area contributed by atoms with E-state index in [4.69, 9.17) is 10.5 Å². The largest absolute Gasteiger partial charge is 0.497 e. The van der Waals surface area contributed by atoms with Gasteiger partial charge in [0.2, 0.25) is 0 Å². The molecule has 1 rings (SSSR count). The standard InChI is InChI=1S/C12H17NO/c1-4-9-12(2,13)10-5-7-11(14-3)8-6-10/h4-8H,1,9,13H2,2-3H3/t12-/m0/s1. The number of nitrogens with two attached hydrogens (primary N) is 1. The van der Waals surface area contributed by atoms with Gasteiger partial charge in [-0.15, -0.1) is 6.58 Å². The summed E-state index contributed by atoms with van der Waals surface area (Å²) in [7, 11) is 1.65. The molecular weight excluding hydrogens is 174 g/mol. The summed E-state index contributed by atoms with van der Waals surface area (Å²) in [6.45, 7) is 5.70. The lowest BCUT2D eigenvalue weighted by Crippen LogP contribution is -2.32. The monoisotopic (exact) mass is 191 g/mol. The van der Waals surface area contributed by atoms with Gasteiger partial charge >= 0.3 is 0 Å². The highest BCUT2D eigenvalue weighted by Crippen LogP contribution is 2.23. The van der Waals surface area contributed by atoms with Crippen LogP contribution in [-0.2, 0) is 5.54 Å². The maximum Gasteiger partial charge on any atom is 0.118 e. The highest BCUT2D eigenvalue weighted by Gasteiger charge is 2.18. The summed E-state index contributed by atoms with van der Waals surface area (Å²) in [5.74, 6) is 0.850. The van der Waals surface area contributed by atoms with Gasteiger partial charge < -0.3 is 10.5 Å². The molecule has 2 nitrogen and oxygen atoms in total. The van der Waals surface area contributed by atoms with Crippen LogP contribution in [0.4, 0.5) is 0 Å². The first-order valence-electron chi connectivity index (χ1n) is 4.64. The second-order valence-electron chi connectivity index (χ2n) is 3.64. The van der Waals surface area contributed by atoms with Crippen molar-refractivity contribution in [2.24, 2.45) is 5.73 Å². The molecule has 0 unspecified atom stereocenters. The number of methoxy groups -OCH3 is 1. The number of benzene rings is 1. The number of hydrogen-bond acceptors (Lipinski definition) is 2. The molecule has 0 bridgehead atoms. The van der Waals surface area contributed by atoms with Crippen molar-refractivity contribution in [1.29, 1.82) is 0 Å². The van der Waals surface area contributed by atoms with Crippen molar-refractivity contribution in [2.45, 2.75) is 18.9 Å². The molecule has 2 N–H and O–H groups in total. The Labute approximate surface area is 85.4 Å². The smallest absolute Gasteiger partial charge is 0.118 e. The van der Waals surface area contributed by atoms with E-state index in [-0.39, 0.29) is 5.54 Å². The summed E-state index contributed by atoms with van der Waals surface area (Å²) in [5, 5.41) is 0. The molecule has 0 aromatic heterocycles. The molecular formula is C12H17NO. The lowest BCUT2D eigenvalue weighted by molar-refractivity contribution is 0.413. The van der Waals surface area contributed by atoms with Crippen molar-refractivity contribution in [3.05, 3.63) is 42.5 Å². The van der Waals surface area contributed by atoms with Crippen LogP contribution in [0.15, 0.2) is 36.9 Å². The van der Waals surface area contributed by atoms with E-state index in [2.05, 4.69) is 6.58 Å². The molecule has 0 aliphatic rings. The lowest BCUT2D eigenvalue weighted by Gasteiger charge is -2.23. The molecule has 0 amide bonds. The van der Waals surface area contributed by atoms with Gasteiger partial charge in [-0.05, 0) is 31.0 Å². The predicted octanol–water partition coefficient (Wildman–Crippen LogP) is 2.45. The maximum atomic E-state index is 6.13. The SMILES string of the molecule is C=CC[C@](C)(N)c1ccc(OC)cc1. The zero-order chi connectivity index (χ0) is 10.6. The maximum absolute atomic E-state index is 6.13. The van der Waals surface area contributed by atoms with Crippen molar-refractivity contribution < 1.29 is 4.74 Å². The fourth-order valence-corrected chi connectivity index (χ4v) is 1.39. The molecule has 1 aromatic rings. The van der Waals surface area contributed by atoms with Gasteiger partial charge in [-0.3, -0.25) is 0 Å². The van der Waals surface area contributed by atoms with Crippen LogP contribution in [-0.4, -0.2) is 7.11 Å². The van der Waals surface area contributed by atoms with Gasteiger partial charge in [-0.1, -0.05) is 18.2 Å². The Balaban J connectivity index is 2.90. The zero-order valence-corrected chi connectivity index (χ0v) is 8.79. The molecule has 0 saturated heterocycles. The minimum absolute atomic E-state index is 0.339. The van der Waals surface area contributed by atoms with Crippen LogP contribution in [0.3, 0.4) is 0 Å². The molecule has 2 heteroatoms. The van der Waals surface area contributed by atoms with Gasteiger partial charge in [-0.25, -0.2) is 0 Å². The Hall–Kier alpha value is -1.28. The molecule has 0 aliphatic heterocycles. The Bertz CT molecular complexity index is 301. The van der Waals surface area contributed by atoms with Crippen LogP contribution >= 0.6 is 0 Å². The van der Waals surface area contributed by atoms with Crippen LogP contribution < -0.4 is 10.5 Å². The van der Waals surface area contributed by atoms with Gasteiger partial charge in [0, 0.05) is 5.54 Å². The third-order valence-electron chi connectivity index (χ3n) is 2.32. The van der Waals surface area contributed by atoms with E-state index in [9.17, 15) is 0 Å². The van der Waals surface area contributed by atoms with E-state index < -0.39 is 0 Å². The minimum Gasteiger partial charge on any atom is -0.497 e. The summed E-state index contributed by atoms with van der Waals surface area (Å²) in [6.07, 6.45) is 2.60. The molecule has 0 fully saturated rings. The number of hydrogen-bond donors (Lipinski definition) is 1. The quantitative estimate of drug-likeness (QED) is 0.742. The molecule has 14 heavy (non-hydrogen) atoms. The van der Waals surface area contributed by atoms with Crippen LogP contribution in [0.5, 0.6) is 5.75 Å². The van der Waals surface area contributed by atoms with Gasteiger partial charge in [0.25, 0.3) is 0 Å². The molecule has 0 radical (unpaired) electrons. The van der Waals surface area contributed by atoms with Crippen molar-refractivity contribution in [2.75, 3.05) is 7.11 Å². The number of ether oxygens (including phenoxy) is 1. The summed E-state index contributed by atoms with van der Waals surface area (Å²) >= 11 is 0. The van der Waals surface area contributed by atoms with Gasteiger partial charge in [0.1, 0.15) is 5.75 Å². The highest BCUT2D eigenvalue weighted by molar-refractivity contribution is 5.31. The number of rotatable bonds is 4. The second-order valence-corrected chi connectivity index (χ2v) is 3.64. The fourth-order valence-electron chi connectivity index (χ4n) is 1.39. The van der Waals surface area contributed by atoms with Crippen molar-refractivity contribution >= 4 is 0 Å². The third-order valence-corrected chi connectivity index (χ3v) is 2.32. The Morgan fingerprint density at radius 1 is 1.43 bits per heavy atom. The lowest BCUT2D eigenvalue weighted by atomic mass is 9.90. The fraction of sp³-hybridized carbons (Fsp3) is 0.333. The molecule has 0 spiro atoms. The van der Waals surface area contributed by atoms with Crippen LogP contribution in [0.1, 0.15) is 18.9 Å². The van der Waals surface area contributed by atoms with E-state index in [1.54, 1.807) is 7.11 Å². The van der Waals surface area contributed by atoms with Crippen LogP contribution in [0.25, 0.3) is 0 Å². The average molecular weight is 191 g/mol. The van der Waals surface area contributed by atoms with Gasteiger partial charge in [0.05, 0.1) is 7.11 Å². The Kier molecular flexibility index (Phi) is 3.31. The second kappa shape index (κ2) is 4.29. The van der Waals surface area contributed by atoms with E-state index in [0.29, 0.717) is 0 Å². The first-order valence-corrected chi connectivity index (χ1v) is 4.64. The summed E-state index contributed by atoms with van der Waals surface area (Å²) in [6, 6.07) is 7.82. The molecule has 0 aliphatic carbocycles. The van der Waals surface area contributed by atoms with Crippen LogP contribution in [0, 0.1) is 0 Å². The highest BCUT2D eigenvalue weighted by atomic mass is 16.5. The van der Waals surface area contributed by atoms with Crippen molar-refractivity contribution in [3.8, 4) is 5.75 Å². The predicted molar refractivity (Wildman–Crippen MR) is 59.3 cm³/mol. The van der Waals surface area contributed by atoms with E-state index in [1.807, 2.05) is 37.3 Å². The van der Waals surface area contributed by atoms with E-state index >= 15 is 0 Å². The summed E-state index contributed by atoms with van der Waals surface area (Å²) < 4.78 is 5.08. The Morgan fingerprint density at radius 2 is 2.00 bits per heavy atom. The zero-order valence-electron chi connectivity index (χ0n) is 8.79. The average Bonchev–Trinajstić information content (AvgIpc) is 2.18. The van der Waals surface area contributed by atoms with Gasteiger partial charge in [0.15, 0.2) is 0 Å². The molecule has 1 aromatic carbocycles.